The highest BCUT2D eigenvalue weighted by Crippen LogP contribution is 2.34. The molecule has 1 amide bonds. The average molecular weight is 351 g/mol. The Morgan fingerprint density at radius 2 is 1.88 bits per heavy atom. The summed E-state index contributed by atoms with van der Waals surface area (Å²) in [4.78, 5) is 11.5. The third kappa shape index (κ3) is 3.48. The first-order chi connectivity index (χ1) is 11.5. The molecule has 1 aliphatic rings. The van der Waals surface area contributed by atoms with Crippen molar-refractivity contribution >= 4 is 21.4 Å². The SMILES string of the molecule is O=C(CCS(=O)(=O)c1ccccc1F)Nc1ccc2c(c1)OCO2. The minimum absolute atomic E-state index is 0.119. The lowest BCUT2D eigenvalue weighted by Crippen LogP contribution is -2.18. The van der Waals surface area contributed by atoms with E-state index >= 15 is 0 Å². The Morgan fingerprint density at radius 1 is 1.12 bits per heavy atom. The van der Waals surface area contributed by atoms with E-state index in [1.165, 1.54) is 18.2 Å². The summed E-state index contributed by atoms with van der Waals surface area (Å²) in [6, 6.07) is 9.94. The molecule has 0 aromatic heterocycles. The topological polar surface area (TPSA) is 81.7 Å². The lowest BCUT2D eigenvalue weighted by molar-refractivity contribution is -0.115. The highest BCUT2D eigenvalue weighted by Gasteiger charge is 2.20. The summed E-state index contributed by atoms with van der Waals surface area (Å²) in [6.45, 7) is 0.119. The van der Waals surface area contributed by atoms with E-state index in [9.17, 15) is 17.6 Å². The van der Waals surface area contributed by atoms with Crippen LogP contribution in [-0.4, -0.2) is 26.9 Å². The second-order valence-electron chi connectivity index (χ2n) is 5.12. The van der Waals surface area contributed by atoms with Crippen LogP contribution in [0, 0.1) is 5.82 Å². The van der Waals surface area contributed by atoms with Crippen molar-refractivity contribution < 1.29 is 27.1 Å². The smallest absolute Gasteiger partial charge is 0.231 e. The minimum atomic E-state index is -3.87. The van der Waals surface area contributed by atoms with Gasteiger partial charge in [0.2, 0.25) is 12.7 Å². The summed E-state index contributed by atoms with van der Waals surface area (Å²) < 4.78 is 48.1. The monoisotopic (exact) mass is 351 g/mol. The van der Waals surface area contributed by atoms with E-state index in [1.807, 2.05) is 0 Å². The molecule has 1 aliphatic heterocycles. The number of fused-ring (bicyclic) bond motifs is 1. The van der Waals surface area contributed by atoms with Crippen molar-refractivity contribution in [3.8, 4) is 11.5 Å². The molecule has 0 unspecified atom stereocenters. The van der Waals surface area contributed by atoms with Crippen LogP contribution in [0.5, 0.6) is 11.5 Å². The summed E-state index contributed by atoms with van der Waals surface area (Å²) in [5.74, 6) is -0.714. The van der Waals surface area contributed by atoms with E-state index in [2.05, 4.69) is 5.32 Å². The molecule has 3 rings (SSSR count). The maximum absolute atomic E-state index is 13.6. The third-order valence-electron chi connectivity index (χ3n) is 3.43. The van der Waals surface area contributed by atoms with Crippen molar-refractivity contribution in [2.24, 2.45) is 0 Å². The van der Waals surface area contributed by atoms with Gasteiger partial charge >= 0.3 is 0 Å². The first-order valence-electron chi connectivity index (χ1n) is 7.12. The summed E-state index contributed by atoms with van der Waals surface area (Å²) in [6.07, 6.45) is -0.287. The molecule has 0 fully saturated rings. The van der Waals surface area contributed by atoms with Crippen LogP contribution in [0.1, 0.15) is 6.42 Å². The van der Waals surface area contributed by atoms with E-state index < -0.39 is 32.2 Å². The molecule has 0 saturated heterocycles. The normalized spacial score (nSPS) is 12.9. The maximum Gasteiger partial charge on any atom is 0.231 e. The number of halogens is 1. The zero-order valence-electron chi connectivity index (χ0n) is 12.5. The summed E-state index contributed by atoms with van der Waals surface area (Å²) >= 11 is 0. The van der Waals surface area contributed by atoms with Crippen LogP contribution >= 0.6 is 0 Å². The number of amides is 1. The number of carbonyl (C=O) groups excluding carboxylic acids is 1. The van der Waals surface area contributed by atoms with Gasteiger partial charge < -0.3 is 14.8 Å². The van der Waals surface area contributed by atoms with Crippen molar-refractivity contribution in [1.29, 1.82) is 0 Å². The second kappa shape index (κ2) is 6.48. The number of hydrogen-bond donors (Lipinski definition) is 1. The van der Waals surface area contributed by atoms with Gasteiger partial charge in [-0.15, -0.1) is 0 Å². The van der Waals surface area contributed by atoms with Crippen LogP contribution in [0.4, 0.5) is 10.1 Å². The predicted molar refractivity (Wildman–Crippen MR) is 84.3 cm³/mol. The van der Waals surface area contributed by atoms with E-state index in [-0.39, 0.29) is 13.2 Å². The van der Waals surface area contributed by atoms with Gasteiger partial charge in [0, 0.05) is 18.2 Å². The molecule has 0 saturated carbocycles. The Balaban J connectivity index is 1.62. The summed E-state index contributed by atoms with van der Waals surface area (Å²) in [5.41, 5.74) is 0.465. The number of rotatable bonds is 5. The highest BCUT2D eigenvalue weighted by molar-refractivity contribution is 7.91. The number of sulfone groups is 1. The maximum atomic E-state index is 13.6. The summed E-state index contributed by atoms with van der Waals surface area (Å²) in [5, 5.41) is 2.58. The molecule has 0 spiro atoms. The molecule has 2 aromatic rings. The van der Waals surface area contributed by atoms with Gasteiger partial charge in [0.05, 0.1) is 5.75 Å². The Hall–Kier alpha value is -2.61. The van der Waals surface area contributed by atoms with Crippen LogP contribution < -0.4 is 14.8 Å². The Morgan fingerprint density at radius 3 is 2.67 bits per heavy atom. The minimum Gasteiger partial charge on any atom is -0.454 e. The predicted octanol–water partition coefficient (Wildman–Crippen LogP) is 2.36. The number of hydrogen-bond acceptors (Lipinski definition) is 5. The molecular formula is C16H14FNO5S. The van der Waals surface area contributed by atoms with Gasteiger partial charge in [0.1, 0.15) is 10.7 Å². The molecule has 24 heavy (non-hydrogen) atoms. The van der Waals surface area contributed by atoms with Gasteiger partial charge in [-0.2, -0.15) is 0 Å². The molecule has 2 aromatic carbocycles. The molecule has 0 aliphatic carbocycles. The van der Waals surface area contributed by atoms with Gasteiger partial charge in [-0.3, -0.25) is 4.79 Å². The fourth-order valence-corrected chi connectivity index (χ4v) is 3.56. The van der Waals surface area contributed by atoms with Crippen molar-refractivity contribution in [1.82, 2.24) is 0 Å². The van der Waals surface area contributed by atoms with Gasteiger partial charge in [0.25, 0.3) is 0 Å². The number of nitrogens with one attached hydrogen (secondary N) is 1. The quantitative estimate of drug-likeness (QED) is 0.894. The standard InChI is InChI=1S/C16H14FNO5S/c17-12-3-1-2-4-15(12)24(20,21)8-7-16(19)18-11-5-6-13-14(9-11)23-10-22-13/h1-6,9H,7-8,10H2,(H,18,19). The van der Waals surface area contributed by atoms with Crippen molar-refractivity contribution in [2.45, 2.75) is 11.3 Å². The average Bonchev–Trinajstić information content (AvgIpc) is 3.01. The highest BCUT2D eigenvalue weighted by atomic mass is 32.2. The van der Waals surface area contributed by atoms with E-state index in [4.69, 9.17) is 9.47 Å². The van der Waals surface area contributed by atoms with Crippen molar-refractivity contribution in [2.75, 3.05) is 17.9 Å². The lowest BCUT2D eigenvalue weighted by Gasteiger charge is -2.07. The Kier molecular flexibility index (Phi) is 4.39. The second-order valence-corrected chi connectivity index (χ2v) is 7.19. The van der Waals surface area contributed by atoms with Crippen LogP contribution in [0.15, 0.2) is 47.4 Å². The molecular weight excluding hydrogens is 337 g/mol. The van der Waals surface area contributed by atoms with Gasteiger partial charge in [0.15, 0.2) is 21.3 Å². The first kappa shape index (κ1) is 16.3. The van der Waals surface area contributed by atoms with E-state index in [0.29, 0.717) is 17.2 Å². The molecule has 1 heterocycles. The van der Waals surface area contributed by atoms with E-state index in [1.54, 1.807) is 18.2 Å². The van der Waals surface area contributed by atoms with Crippen LogP contribution in [0.3, 0.4) is 0 Å². The van der Waals surface area contributed by atoms with Crippen molar-refractivity contribution in [3.05, 3.63) is 48.3 Å². The Bertz CT molecular complexity index is 882. The van der Waals surface area contributed by atoms with E-state index in [0.717, 1.165) is 6.07 Å². The van der Waals surface area contributed by atoms with Gasteiger partial charge in [-0.25, -0.2) is 12.8 Å². The first-order valence-corrected chi connectivity index (χ1v) is 8.78. The largest absolute Gasteiger partial charge is 0.454 e. The molecule has 126 valence electrons. The Labute approximate surface area is 138 Å². The van der Waals surface area contributed by atoms with Gasteiger partial charge in [-0.1, -0.05) is 12.1 Å². The number of carbonyl (C=O) groups is 1. The lowest BCUT2D eigenvalue weighted by atomic mass is 10.2. The number of ether oxygens (including phenoxy) is 2. The molecule has 6 nitrogen and oxygen atoms in total. The number of anilines is 1. The van der Waals surface area contributed by atoms with Crippen LogP contribution in [0.2, 0.25) is 0 Å². The van der Waals surface area contributed by atoms with Crippen LogP contribution in [0.25, 0.3) is 0 Å². The van der Waals surface area contributed by atoms with Crippen molar-refractivity contribution in [3.63, 3.8) is 0 Å². The zero-order valence-corrected chi connectivity index (χ0v) is 13.3. The molecule has 0 radical (unpaired) electrons. The zero-order chi connectivity index (χ0) is 17.2. The fraction of sp³-hybridized carbons (Fsp3) is 0.188. The third-order valence-corrected chi connectivity index (χ3v) is 5.17. The molecule has 0 bridgehead atoms. The fourth-order valence-electron chi connectivity index (χ4n) is 2.23. The molecule has 1 N–H and O–H groups in total. The molecule has 0 atom stereocenters. The molecule has 8 heteroatoms. The number of benzene rings is 2. The summed E-state index contributed by atoms with van der Waals surface area (Å²) in [7, 11) is -3.87. The van der Waals surface area contributed by atoms with Gasteiger partial charge in [-0.05, 0) is 24.3 Å². The van der Waals surface area contributed by atoms with Crippen LogP contribution in [-0.2, 0) is 14.6 Å².